The van der Waals surface area contributed by atoms with Crippen LogP contribution in [-0.4, -0.2) is 9.97 Å². The Bertz CT molecular complexity index is 296. The molecule has 1 heterocycles. The standard InChI is InChI=1S/C17H30N2.HI/c1-2-3-4-5-6-7-8-9-10-11-12-13-14-17-18-15-16-19-17;/h2,15-16H,1,3-14H2,(H,18,19);1H. The minimum atomic E-state index is 0. The summed E-state index contributed by atoms with van der Waals surface area (Å²) in [6.45, 7) is 3.75. The summed E-state index contributed by atoms with van der Waals surface area (Å²) >= 11 is 0. The fourth-order valence-electron chi connectivity index (χ4n) is 2.43. The molecule has 1 N–H and O–H groups in total. The molecule has 0 aliphatic heterocycles. The Labute approximate surface area is 141 Å². The number of aryl methyl sites for hydroxylation is 1. The van der Waals surface area contributed by atoms with E-state index in [9.17, 15) is 0 Å². The van der Waals surface area contributed by atoms with Gasteiger partial charge >= 0.3 is 0 Å². The van der Waals surface area contributed by atoms with E-state index in [0.717, 1.165) is 12.2 Å². The van der Waals surface area contributed by atoms with Gasteiger partial charge in [0, 0.05) is 18.8 Å². The highest BCUT2D eigenvalue weighted by Crippen LogP contribution is 2.12. The van der Waals surface area contributed by atoms with Crippen molar-refractivity contribution in [3.05, 3.63) is 30.9 Å². The summed E-state index contributed by atoms with van der Waals surface area (Å²) in [4.78, 5) is 7.40. The highest BCUT2D eigenvalue weighted by molar-refractivity contribution is 14.0. The largest absolute Gasteiger partial charge is 0.349 e. The van der Waals surface area contributed by atoms with E-state index in [-0.39, 0.29) is 24.0 Å². The zero-order valence-electron chi connectivity index (χ0n) is 12.8. The van der Waals surface area contributed by atoms with Gasteiger partial charge in [0.1, 0.15) is 5.82 Å². The third kappa shape index (κ3) is 11.5. The molecular formula is C17H31IN2. The quantitative estimate of drug-likeness (QED) is 0.248. The van der Waals surface area contributed by atoms with Crippen LogP contribution >= 0.6 is 24.0 Å². The first-order valence-electron chi connectivity index (χ1n) is 8.02. The molecule has 2 nitrogen and oxygen atoms in total. The lowest BCUT2D eigenvalue weighted by atomic mass is 10.1. The predicted octanol–water partition coefficient (Wildman–Crippen LogP) is 6.05. The van der Waals surface area contributed by atoms with E-state index in [1.165, 1.54) is 70.6 Å². The fourth-order valence-corrected chi connectivity index (χ4v) is 2.43. The summed E-state index contributed by atoms with van der Waals surface area (Å²) in [7, 11) is 0. The Morgan fingerprint density at radius 1 is 0.900 bits per heavy atom. The second-order valence-corrected chi connectivity index (χ2v) is 5.40. The van der Waals surface area contributed by atoms with E-state index in [1.54, 1.807) is 0 Å². The minimum Gasteiger partial charge on any atom is -0.349 e. The molecule has 0 spiro atoms. The van der Waals surface area contributed by atoms with Crippen molar-refractivity contribution in [3.8, 4) is 0 Å². The molecule has 0 atom stereocenters. The maximum absolute atomic E-state index is 4.24. The molecule has 0 amide bonds. The second-order valence-electron chi connectivity index (χ2n) is 5.40. The van der Waals surface area contributed by atoms with E-state index in [4.69, 9.17) is 0 Å². The second kappa shape index (κ2) is 15.1. The summed E-state index contributed by atoms with van der Waals surface area (Å²) in [5.41, 5.74) is 0. The number of nitrogens with zero attached hydrogens (tertiary/aromatic N) is 1. The number of nitrogens with one attached hydrogen (secondary N) is 1. The van der Waals surface area contributed by atoms with Crippen LogP contribution in [0.1, 0.15) is 76.5 Å². The van der Waals surface area contributed by atoms with Crippen molar-refractivity contribution in [3.63, 3.8) is 0 Å². The van der Waals surface area contributed by atoms with Gasteiger partial charge in [-0.2, -0.15) is 0 Å². The molecule has 0 saturated heterocycles. The monoisotopic (exact) mass is 390 g/mol. The van der Waals surface area contributed by atoms with Gasteiger partial charge in [-0.1, -0.05) is 57.4 Å². The average Bonchev–Trinajstić information content (AvgIpc) is 2.93. The number of unbranched alkanes of at least 4 members (excludes halogenated alkanes) is 10. The summed E-state index contributed by atoms with van der Waals surface area (Å²) in [5.74, 6) is 1.14. The van der Waals surface area contributed by atoms with Gasteiger partial charge in [-0.15, -0.1) is 30.6 Å². The molecule has 0 aliphatic carbocycles. The van der Waals surface area contributed by atoms with Gasteiger partial charge in [-0.25, -0.2) is 4.98 Å². The van der Waals surface area contributed by atoms with Crippen LogP contribution in [-0.2, 0) is 6.42 Å². The maximum atomic E-state index is 4.24. The van der Waals surface area contributed by atoms with Crippen LogP contribution in [0.5, 0.6) is 0 Å². The predicted molar refractivity (Wildman–Crippen MR) is 98.7 cm³/mol. The van der Waals surface area contributed by atoms with Gasteiger partial charge < -0.3 is 4.98 Å². The Balaban J connectivity index is 0.00000361. The third-order valence-electron chi connectivity index (χ3n) is 3.63. The lowest BCUT2D eigenvalue weighted by Gasteiger charge is -2.02. The van der Waals surface area contributed by atoms with Crippen LogP contribution in [0.25, 0.3) is 0 Å². The number of aromatic nitrogens is 2. The number of imidazole rings is 1. The summed E-state index contributed by atoms with van der Waals surface area (Å²) in [6, 6.07) is 0. The van der Waals surface area contributed by atoms with Gasteiger partial charge in [0.05, 0.1) is 0 Å². The van der Waals surface area contributed by atoms with E-state index in [1.807, 2.05) is 18.5 Å². The van der Waals surface area contributed by atoms with Gasteiger partial charge in [-0.05, 0) is 19.3 Å². The first-order valence-corrected chi connectivity index (χ1v) is 8.02. The topological polar surface area (TPSA) is 28.7 Å². The number of aromatic amines is 1. The number of rotatable bonds is 13. The Morgan fingerprint density at radius 3 is 1.95 bits per heavy atom. The molecule has 3 heteroatoms. The molecule has 0 fully saturated rings. The number of hydrogen-bond donors (Lipinski definition) is 1. The fraction of sp³-hybridized carbons (Fsp3) is 0.706. The zero-order valence-corrected chi connectivity index (χ0v) is 15.1. The van der Waals surface area contributed by atoms with Crippen molar-refractivity contribution in [1.82, 2.24) is 9.97 Å². The van der Waals surface area contributed by atoms with Crippen LogP contribution in [0.2, 0.25) is 0 Å². The molecule has 20 heavy (non-hydrogen) atoms. The van der Waals surface area contributed by atoms with Crippen LogP contribution in [0.15, 0.2) is 25.0 Å². The van der Waals surface area contributed by atoms with Crippen molar-refractivity contribution in [2.24, 2.45) is 0 Å². The number of allylic oxidation sites excluding steroid dienone is 1. The average molecular weight is 390 g/mol. The Hall–Kier alpha value is -0.320. The zero-order chi connectivity index (χ0) is 13.6. The van der Waals surface area contributed by atoms with Gasteiger partial charge in [-0.3, -0.25) is 0 Å². The Morgan fingerprint density at radius 2 is 1.45 bits per heavy atom. The smallest absolute Gasteiger partial charge is 0.105 e. The van der Waals surface area contributed by atoms with Gasteiger partial charge in [0.25, 0.3) is 0 Å². The molecule has 1 aromatic rings. The molecule has 1 rings (SSSR count). The van der Waals surface area contributed by atoms with Gasteiger partial charge in [0.15, 0.2) is 0 Å². The van der Waals surface area contributed by atoms with Crippen molar-refractivity contribution in [2.75, 3.05) is 0 Å². The van der Waals surface area contributed by atoms with Gasteiger partial charge in [0.2, 0.25) is 0 Å². The van der Waals surface area contributed by atoms with E-state index < -0.39 is 0 Å². The van der Waals surface area contributed by atoms with Crippen LogP contribution < -0.4 is 0 Å². The SMILES string of the molecule is C=CCCCCCCCCCCCCc1ncc[nH]1.I. The third-order valence-corrected chi connectivity index (χ3v) is 3.63. The molecule has 116 valence electrons. The highest BCUT2D eigenvalue weighted by atomic mass is 127. The van der Waals surface area contributed by atoms with Crippen molar-refractivity contribution < 1.29 is 0 Å². The van der Waals surface area contributed by atoms with Crippen LogP contribution in [0, 0.1) is 0 Å². The lowest BCUT2D eigenvalue weighted by Crippen LogP contribution is -1.88. The van der Waals surface area contributed by atoms with Crippen molar-refractivity contribution in [1.29, 1.82) is 0 Å². The summed E-state index contributed by atoms with van der Waals surface area (Å²) in [5, 5.41) is 0. The van der Waals surface area contributed by atoms with Crippen molar-refractivity contribution >= 4 is 24.0 Å². The molecule has 0 unspecified atom stereocenters. The molecular weight excluding hydrogens is 359 g/mol. The molecule has 0 aliphatic rings. The molecule has 0 aromatic carbocycles. The number of H-pyrrole nitrogens is 1. The number of halogens is 1. The Kier molecular flexibility index (Phi) is 14.8. The minimum absolute atomic E-state index is 0. The van der Waals surface area contributed by atoms with E-state index in [2.05, 4.69) is 16.5 Å². The maximum Gasteiger partial charge on any atom is 0.105 e. The highest BCUT2D eigenvalue weighted by Gasteiger charge is 1.95. The molecule has 0 radical (unpaired) electrons. The lowest BCUT2D eigenvalue weighted by molar-refractivity contribution is 0.551. The summed E-state index contributed by atoms with van der Waals surface area (Å²) < 4.78 is 0. The molecule has 0 bridgehead atoms. The van der Waals surface area contributed by atoms with E-state index >= 15 is 0 Å². The molecule has 0 saturated carbocycles. The normalized spacial score (nSPS) is 10.2. The first kappa shape index (κ1) is 19.7. The summed E-state index contributed by atoms with van der Waals surface area (Å²) in [6.07, 6.45) is 21.9. The number of hydrogen-bond acceptors (Lipinski definition) is 1. The molecule has 1 aromatic heterocycles. The van der Waals surface area contributed by atoms with Crippen LogP contribution in [0.3, 0.4) is 0 Å². The van der Waals surface area contributed by atoms with E-state index in [0.29, 0.717) is 0 Å². The van der Waals surface area contributed by atoms with Crippen LogP contribution in [0.4, 0.5) is 0 Å². The first-order chi connectivity index (χ1) is 9.43. The van der Waals surface area contributed by atoms with Crippen molar-refractivity contribution in [2.45, 2.75) is 77.0 Å².